The molecule has 0 radical (unpaired) electrons. The zero-order valence-corrected chi connectivity index (χ0v) is 13.5. The van der Waals surface area contributed by atoms with Crippen LogP contribution in [0.1, 0.15) is 41.3 Å². The molecule has 1 N–H and O–H groups in total. The number of para-hydroxylation sites is 1. The van der Waals surface area contributed by atoms with Crippen molar-refractivity contribution >= 4 is 5.91 Å². The molecule has 1 aliphatic rings. The summed E-state index contributed by atoms with van der Waals surface area (Å²) in [5.74, 6) is 0.796. The molecule has 1 atom stereocenters. The molecular formula is C20H23NO2. The van der Waals surface area contributed by atoms with Crippen LogP contribution in [0.3, 0.4) is 0 Å². The lowest BCUT2D eigenvalue weighted by atomic mass is 9.90. The molecular weight excluding hydrogens is 286 g/mol. The Labute approximate surface area is 137 Å². The second-order valence-electron chi connectivity index (χ2n) is 6.19. The van der Waals surface area contributed by atoms with Crippen LogP contribution in [0.25, 0.3) is 0 Å². The lowest BCUT2D eigenvalue weighted by Gasteiger charge is -2.18. The average Bonchev–Trinajstić information content (AvgIpc) is 2.60. The van der Waals surface area contributed by atoms with Gasteiger partial charge in [-0.3, -0.25) is 4.79 Å². The van der Waals surface area contributed by atoms with Crippen molar-refractivity contribution in [3.8, 4) is 5.75 Å². The van der Waals surface area contributed by atoms with Crippen LogP contribution >= 0.6 is 0 Å². The summed E-state index contributed by atoms with van der Waals surface area (Å²) < 4.78 is 5.68. The number of nitrogens with one attached hydrogen (secondary N) is 1. The Morgan fingerprint density at radius 3 is 2.61 bits per heavy atom. The van der Waals surface area contributed by atoms with Gasteiger partial charge in [0.05, 0.1) is 6.04 Å². The van der Waals surface area contributed by atoms with Gasteiger partial charge in [0.1, 0.15) is 12.4 Å². The average molecular weight is 309 g/mol. The van der Waals surface area contributed by atoms with E-state index in [1.807, 2.05) is 43.3 Å². The van der Waals surface area contributed by atoms with Crippen molar-refractivity contribution in [2.75, 3.05) is 6.61 Å². The number of hydrogen-bond acceptors (Lipinski definition) is 2. The second kappa shape index (κ2) is 7.32. The molecule has 2 aromatic carbocycles. The molecule has 120 valence electrons. The first kappa shape index (κ1) is 15.6. The monoisotopic (exact) mass is 309 g/mol. The van der Waals surface area contributed by atoms with E-state index in [-0.39, 0.29) is 11.9 Å². The summed E-state index contributed by atoms with van der Waals surface area (Å²) in [4.78, 5) is 12.4. The molecule has 2 aromatic rings. The molecule has 0 bridgehead atoms. The van der Waals surface area contributed by atoms with Gasteiger partial charge in [-0.25, -0.2) is 0 Å². The molecule has 0 saturated carbocycles. The lowest BCUT2D eigenvalue weighted by Crippen LogP contribution is -2.36. The Morgan fingerprint density at radius 2 is 1.83 bits per heavy atom. The summed E-state index contributed by atoms with van der Waals surface area (Å²) in [5, 5.41) is 3.01. The fraction of sp³-hybridized carbons (Fsp3) is 0.350. The maximum absolute atomic E-state index is 12.4. The van der Waals surface area contributed by atoms with Crippen LogP contribution in [0.2, 0.25) is 0 Å². The highest BCUT2D eigenvalue weighted by atomic mass is 16.5. The van der Waals surface area contributed by atoms with Gasteiger partial charge in [-0.1, -0.05) is 24.3 Å². The van der Waals surface area contributed by atoms with Crippen LogP contribution in [0, 0.1) is 0 Å². The first-order chi connectivity index (χ1) is 11.2. The Kier molecular flexibility index (Phi) is 4.96. The largest absolute Gasteiger partial charge is 0.491 e. The molecule has 0 aromatic heterocycles. The third-order valence-electron chi connectivity index (χ3n) is 4.23. The van der Waals surface area contributed by atoms with Crippen molar-refractivity contribution in [3.63, 3.8) is 0 Å². The minimum atomic E-state index is -0.0428. The smallest absolute Gasteiger partial charge is 0.251 e. The molecule has 3 nitrogen and oxygen atoms in total. The quantitative estimate of drug-likeness (QED) is 0.913. The zero-order valence-electron chi connectivity index (χ0n) is 13.5. The van der Waals surface area contributed by atoms with Crippen molar-refractivity contribution in [2.45, 2.75) is 38.6 Å². The molecule has 0 aliphatic heterocycles. The molecule has 0 saturated heterocycles. The highest BCUT2D eigenvalue weighted by Crippen LogP contribution is 2.22. The van der Waals surface area contributed by atoms with Crippen molar-refractivity contribution in [1.82, 2.24) is 5.32 Å². The summed E-state index contributed by atoms with van der Waals surface area (Å²) in [6.07, 6.45) is 4.70. The number of ether oxygens (including phenoxy) is 1. The minimum Gasteiger partial charge on any atom is -0.491 e. The number of carbonyl (C=O) groups is 1. The third-order valence-corrected chi connectivity index (χ3v) is 4.23. The van der Waals surface area contributed by atoms with E-state index in [1.165, 1.54) is 24.0 Å². The van der Waals surface area contributed by atoms with Gasteiger partial charge in [-0.15, -0.1) is 0 Å². The van der Waals surface area contributed by atoms with E-state index in [0.29, 0.717) is 6.61 Å². The Balaban J connectivity index is 1.56. The normalized spacial score (nSPS) is 14.7. The van der Waals surface area contributed by atoms with E-state index >= 15 is 0 Å². The summed E-state index contributed by atoms with van der Waals surface area (Å²) in [6, 6.07) is 15.7. The van der Waals surface area contributed by atoms with Gasteiger partial charge in [0.2, 0.25) is 0 Å². The molecule has 3 rings (SSSR count). The third kappa shape index (κ3) is 4.13. The maximum atomic E-state index is 12.4. The molecule has 0 fully saturated rings. The standard InChI is InChI=1S/C20H23NO2/c1-15(14-23-19-9-3-2-4-10-19)21-20(22)18-12-11-16-7-5-6-8-17(16)13-18/h2-4,9-13,15H,5-8,14H2,1H3,(H,21,22)/t15-/m0/s1. The van der Waals surface area contributed by atoms with E-state index in [4.69, 9.17) is 4.74 Å². The van der Waals surface area contributed by atoms with Gasteiger partial charge in [0.15, 0.2) is 0 Å². The molecule has 1 amide bonds. The van der Waals surface area contributed by atoms with E-state index < -0.39 is 0 Å². The number of carbonyl (C=O) groups excluding carboxylic acids is 1. The number of fused-ring (bicyclic) bond motifs is 1. The van der Waals surface area contributed by atoms with Gasteiger partial charge in [0, 0.05) is 5.56 Å². The summed E-state index contributed by atoms with van der Waals surface area (Å²) in [6.45, 7) is 2.42. The SMILES string of the molecule is C[C@@H](COc1ccccc1)NC(=O)c1ccc2c(c1)CCCC2. The fourth-order valence-corrected chi connectivity index (χ4v) is 2.96. The van der Waals surface area contributed by atoms with E-state index in [9.17, 15) is 4.79 Å². The van der Waals surface area contributed by atoms with Crippen molar-refractivity contribution < 1.29 is 9.53 Å². The lowest BCUT2D eigenvalue weighted by molar-refractivity contribution is 0.0926. The van der Waals surface area contributed by atoms with Crippen LogP contribution in [-0.2, 0) is 12.8 Å². The molecule has 0 spiro atoms. The van der Waals surface area contributed by atoms with Crippen LogP contribution < -0.4 is 10.1 Å². The molecule has 0 heterocycles. The van der Waals surface area contributed by atoms with Crippen LogP contribution in [-0.4, -0.2) is 18.6 Å². The van der Waals surface area contributed by atoms with Gasteiger partial charge in [-0.2, -0.15) is 0 Å². The Morgan fingerprint density at radius 1 is 1.09 bits per heavy atom. The minimum absolute atomic E-state index is 0.0254. The van der Waals surface area contributed by atoms with Gasteiger partial charge >= 0.3 is 0 Å². The number of rotatable bonds is 5. The molecule has 1 aliphatic carbocycles. The number of amides is 1. The van der Waals surface area contributed by atoms with Gasteiger partial charge in [0.25, 0.3) is 5.91 Å². The number of hydrogen-bond donors (Lipinski definition) is 1. The molecule has 0 unspecified atom stereocenters. The highest BCUT2D eigenvalue weighted by molar-refractivity contribution is 5.94. The predicted molar refractivity (Wildman–Crippen MR) is 91.9 cm³/mol. The fourth-order valence-electron chi connectivity index (χ4n) is 2.96. The van der Waals surface area contributed by atoms with Crippen LogP contribution in [0.4, 0.5) is 0 Å². The van der Waals surface area contributed by atoms with Gasteiger partial charge in [-0.05, 0) is 68.0 Å². The number of benzene rings is 2. The Bertz CT molecular complexity index is 667. The first-order valence-corrected chi connectivity index (χ1v) is 8.33. The first-order valence-electron chi connectivity index (χ1n) is 8.33. The second-order valence-corrected chi connectivity index (χ2v) is 6.19. The molecule has 23 heavy (non-hydrogen) atoms. The van der Waals surface area contributed by atoms with E-state index in [2.05, 4.69) is 17.4 Å². The van der Waals surface area contributed by atoms with Gasteiger partial charge < -0.3 is 10.1 Å². The summed E-state index contributed by atoms with van der Waals surface area (Å²) in [5.41, 5.74) is 3.47. The zero-order chi connectivity index (χ0) is 16.1. The van der Waals surface area contributed by atoms with Crippen molar-refractivity contribution in [2.24, 2.45) is 0 Å². The highest BCUT2D eigenvalue weighted by Gasteiger charge is 2.14. The topological polar surface area (TPSA) is 38.3 Å². The molecule has 3 heteroatoms. The van der Waals surface area contributed by atoms with Crippen LogP contribution in [0.15, 0.2) is 48.5 Å². The number of aryl methyl sites for hydroxylation is 2. The van der Waals surface area contributed by atoms with Crippen molar-refractivity contribution in [1.29, 1.82) is 0 Å². The summed E-state index contributed by atoms with van der Waals surface area (Å²) >= 11 is 0. The maximum Gasteiger partial charge on any atom is 0.251 e. The van der Waals surface area contributed by atoms with Crippen LogP contribution in [0.5, 0.6) is 5.75 Å². The van der Waals surface area contributed by atoms with E-state index in [1.54, 1.807) is 0 Å². The van der Waals surface area contributed by atoms with Crippen molar-refractivity contribution in [3.05, 3.63) is 65.2 Å². The summed E-state index contributed by atoms with van der Waals surface area (Å²) in [7, 11) is 0. The predicted octanol–water partition coefficient (Wildman–Crippen LogP) is 3.76. The van der Waals surface area contributed by atoms with E-state index in [0.717, 1.165) is 24.2 Å². The Hall–Kier alpha value is -2.29.